The van der Waals surface area contributed by atoms with Gasteiger partial charge in [0.15, 0.2) is 0 Å². The summed E-state index contributed by atoms with van der Waals surface area (Å²) < 4.78 is 13.7. The molecule has 0 atom stereocenters. The van der Waals surface area contributed by atoms with E-state index in [-0.39, 0.29) is 22.9 Å². The molecule has 4 rings (SSSR count). The van der Waals surface area contributed by atoms with Crippen molar-refractivity contribution in [3.05, 3.63) is 35.6 Å². The summed E-state index contributed by atoms with van der Waals surface area (Å²) in [5, 5.41) is 6.52. The van der Waals surface area contributed by atoms with Crippen LogP contribution in [0.3, 0.4) is 0 Å². The number of benzene rings is 1. The number of nitrogens with zero attached hydrogens (tertiary/aromatic N) is 1. The number of hydrogen-bond donors (Lipinski definition) is 2. The lowest BCUT2D eigenvalue weighted by atomic mass is 9.69. The Hall–Kier alpha value is -1.62. The van der Waals surface area contributed by atoms with Gasteiger partial charge in [-0.2, -0.15) is 0 Å². The zero-order valence-electron chi connectivity index (χ0n) is 14.3. The molecule has 1 spiro atoms. The summed E-state index contributed by atoms with van der Waals surface area (Å²) in [7, 11) is 1.96. The lowest BCUT2D eigenvalue weighted by Crippen LogP contribution is -2.55. The van der Waals surface area contributed by atoms with Crippen molar-refractivity contribution in [2.75, 3.05) is 20.1 Å². The van der Waals surface area contributed by atoms with E-state index in [0.29, 0.717) is 5.92 Å². The van der Waals surface area contributed by atoms with Crippen LogP contribution in [0.25, 0.3) is 0 Å². The molecule has 2 saturated carbocycles. The largest absolute Gasteiger partial charge is 0.336 e. The van der Waals surface area contributed by atoms with Crippen molar-refractivity contribution in [3.63, 3.8) is 0 Å². The number of rotatable bonds is 4. The molecule has 1 saturated heterocycles. The average molecular weight is 331 g/mol. The van der Waals surface area contributed by atoms with E-state index < -0.39 is 0 Å². The Morgan fingerprint density at radius 2 is 2.04 bits per heavy atom. The van der Waals surface area contributed by atoms with Crippen molar-refractivity contribution in [1.29, 1.82) is 0 Å². The molecule has 1 heterocycles. The van der Waals surface area contributed by atoms with E-state index in [9.17, 15) is 9.18 Å². The number of nitrogens with one attached hydrogen (secondary N) is 2. The van der Waals surface area contributed by atoms with Gasteiger partial charge in [-0.05, 0) is 69.2 Å². The smallest absolute Gasteiger partial charge is 0.318 e. The van der Waals surface area contributed by atoms with Crippen molar-refractivity contribution in [2.24, 2.45) is 5.92 Å². The SMILES string of the molecule is CNC1(c2cccc(F)c2)CCC2(CC1)CNC(=O)N2CC1CC1. The van der Waals surface area contributed by atoms with Crippen LogP contribution in [0, 0.1) is 11.7 Å². The molecular formula is C19H26FN3O. The fourth-order valence-corrected chi connectivity index (χ4v) is 4.54. The number of carbonyl (C=O) groups is 1. The van der Waals surface area contributed by atoms with Gasteiger partial charge in [-0.1, -0.05) is 12.1 Å². The highest BCUT2D eigenvalue weighted by Crippen LogP contribution is 2.46. The lowest BCUT2D eigenvalue weighted by Gasteiger charge is -2.48. The highest BCUT2D eigenvalue weighted by Gasteiger charge is 2.51. The van der Waals surface area contributed by atoms with E-state index in [4.69, 9.17) is 0 Å². The van der Waals surface area contributed by atoms with Crippen molar-refractivity contribution < 1.29 is 9.18 Å². The first-order valence-corrected chi connectivity index (χ1v) is 9.07. The molecule has 1 aliphatic heterocycles. The van der Waals surface area contributed by atoms with E-state index in [0.717, 1.165) is 44.3 Å². The molecule has 2 amide bonds. The number of hydrogen-bond acceptors (Lipinski definition) is 2. The van der Waals surface area contributed by atoms with Gasteiger partial charge in [0, 0.05) is 18.6 Å². The second kappa shape index (κ2) is 5.73. The second-order valence-corrected chi connectivity index (χ2v) is 7.78. The molecule has 0 radical (unpaired) electrons. The standard InChI is InChI=1S/C19H26FN3O/c1-21-19(15-3-2-4-16(20)11-15)9-7-18(8-10-19)13-22-17(24)23(18)12-14-5-6-14/h2-4,11,14,21H,5-10,12-13H2,1H3,(H,22,24). The van der Waals surface area contributed by atoms with Crippen molar-refractivity contribution in [2.45, 2.75) is 49.6 Å². The van der Waals surface area contributed by atoms with Gasteiger partial charge in [0.05, 0.1) is 5.54 Å². The number of amides is 2. The van der Waals surface area contributed by atoms with E-state index in [1.807, 2.05) is 13.1 Å². The maximum absolute atomic E-state index is 13.7. The molecule has 0 bridgehead atoms. The van der Waals surface area contributed by atoms with Gasteiger partial charge in [0.25, 0.3) is 0 Å². The summed E-state index contributed by atoms with van der Waals surface area (Å²) in [5.74, 6) is 0.514. The summed E-state index contributed by atoms with van der Waals surface area (Å²) >= 11 is 0. The predicted molar refractivity (Wildman–Crippen MR) is 91.2 cm³/mol. The minimum absolute atomic E-state index is 0.0483. The lowest BCUT2D eigenvalue weighted by molar-refractivity contribution is 0.0759. The van der Waals surface area contributed by atoms with Gasteiger partial charge in [-0.15, -0.1) is 0 Å². The van der Waals surface area contributed by atoms with Crippen LogP contribution < -0.4 is 10.6 Å². The van der Waals surface area contributed by atoms with Crippen LogP contribution in [0.5, 0.6) is 0 Å². The summed E-state index contributed by atoms with van der Waals surface area (Å²) in [6.45, 7) is 1.65. The minimum Gasteiger partial charge on any atom is -0.336 e. The van der Waals surface area contributed by atoms with Gasteiger partial charge in [-0.25, -0.2) is 9.18 Å². The third kappa shape index (κ3) is 2.59. The van der Waals surface area contributed by atoms with E-state index >= 15 is 0 Å². The second-order valence-electron chi connectivity index (χ2n) is 7.78. The number of halogens is 1. The van der Waals surface area contributed by atoms with Crippen molar-refractivity contribution in [1.82, 2.24) is 15.5 Å². The Labute approximate surface area is 142 Å². The highest BCUT2D eigenvalue weighted by molar-refractivity contribution is 5.78. The van der Waals surface area contributed by atoms with Crippen LogP contribution in [0.1, 0.15) is 44.1 Å². The van der Waals surface area contributed by atoms with Crippen LogP contribution >= 0.6 is 0 Å². The van der Waals surface area contributed by atoms with Crippen molar-refractivity contribution in [3.8, 4) is 0 Å². The fraction of sp³-hybridized carbons (Fsp3) is 0.632. The molecule has 24 heavy (non-hydrogen) atoms. The zero-order chi connectivity index (χ0) is 16.8. The summed E-state index contributed by atoms with van der Waals surface area (Å²) in [5.41, 5.74) is 0.781. The molecule has 130 valence electrons. The Kier molecular flexibility index (Phi) is 3.79. The van der Waals surface area contributed by atoms with Gasteiger partial charge in [-0.3, -0.25) is 0 Å². The Morgan fingerprint density at radius 1 is 1.29 bits per heavy atom. The quantitative estimate of drug-likeness (QED) is 0.891. The molecular weight excluding hydrogens is 305 g/mol. The van der Waals surface area contributed by atoms with E-state index in [1.54, 1.807) is 12.1 Å². The molecule has 1 aromatic carbocycles. The maximum Gasteiger partial charge on any atom is 0.318 e. The molecule has 1 aromatic rings. The van der Waals surface area contributed by atoms with Gasteiger partial charge in [0.1, 0.15) is 5.82 Å². The van der Waals surface area contributed by atoms with Gasteiger partial charge >= 0.3 is 6.03 Å². The molecule has 3 aliphatic rings. The normalized spacial score (nSPS) is 33.1. The summed E-state index contributed by atoms with van der Waals surface area (Å²) in [6.07, 6.45) is 6.25. The third-order valence-corrected chi connectivity index (χ3v) is 6.41. The Morgan fingerprint density at radius 3 is 2.67 bits per heavy atom. The first kappa shape index (κ1) is 15.9. The van der Waals surface area contributed by atoms with Crippen LogP contribution in [0.15, 0.2) is 24.3 Å². The predicted octanol–water partition coefficient (Wildman–Crippen LogP) is 2.99. The van der Waals surface area contributed by atoms with E-state index in [1.165, 1.54) is 18.9 Å². The van der Waals surface area contributed by atoms with Gasteiger partial charge in [0.2, 0.25) is 0 Å². The van der Waals surface area contributed by atoms with Crippen LogP contribution in [0.4, 0.5) is 9.18 Å². The zero-order valence-corrected chi connectivity index (χ0v) is 14.3. The Bertz CT molecular complexity index is 635. The van der Waals surface area contributed by atoms with Crippen molar-refractivity contribution >= 4 is 6.03 Å². The molecule has 0 aromatic heterocycles. The molecule has 2 aliphatic carbocycles. The molecule has 3 fully saturated rings. The first-order valence-electron chi connectivity index (χ1n) is 9.07. The molecule has 0 unspecified atom stereocenters. The van der Waals surface area contributed by atoms with E-state index in [2.05, 4.69) is 15.5 Å². The van der Waals surface area contributed by atoms with Gasteiger partial charge < -0.3 is 15.5 Å². The molecule has 2 N–H and O–H groups in total. The van der Waals surface area contributed by atoms with Crippen LogP contribution in [-0.4, -0.2) is 36.6 Å². The first-order chi connectivity index (χ1) is 11.6. The summed E-state index contributed by atoms with van der Waals surface area (Å²) in [6, 6.07) is 7.04. The summed E-state index contributed by atoms with van der Waals surface area (Å²) in [4.78, 5) is 14.4. The minimum atomic E-state index is -0.190. The topological polar surface area (TPSA) is 44.4 Å². The molecule has 5 heteroatoms. The highest BCUT2D eigenvalue weighted by atomic mass is 19.1. The van der Waals surface area contributed by atoms with Crippen LogP contribution in [0.2, 0.25) is 0 Å². The number of carbonyl (C=O) groups excluding carboxylic acids is 1. The Balaban J connectivity index is 1.55. The fourth-order valence-electron chi connectivity index (χ4n) is 4.54. The third-order valence-electron chi connectivity index (χ3n) is 6.41. The maximum atomic E-state index is 13.7. The monoisotopic (exact) mass is 331 g/mol. The van der Waals surface area contributed by atoms with Crippen LogP contribution in [-0.2, 0) is 5.54 Å². The molecule has 4 nitrogen and oxygen atoms in total. The number of urea groups is 1. The average Bonchev–Trinajstić information content (AvgIpc) is 3.37.